The molecule has 6 nitrogen and oxygen atoms in total. The van der Waals surface area contributed by atoms with E-state index in [1.807, 2.05) is 17.9 Å². The van der Waals surface area contributed by atoms with Crippen LogP contribution in [0, 0.1) is 10.1 Å². The van der Waals surface area contributed by atoms with Gasteiger partial charge >= 0.3 is 0 Å². The van der Waals surface area contributed by atoms with Gasteiger partial charge in [0.2, 0.25) is 0 Å². The van der Waals surface area contributed by atoms with Crippen molar-refractivity contribution < 1.29 is 10.0 Å². The number of hydrogen-bond acceptors (Lipinski definition) is 5. The Labute approximate surface area is 112 Å². The Hall–Kier alpha value is -1.66. The zero-order valence-corrected chi connectivity index (χ0v) is 11.0. The number of aliphatic hydroxyl groups is 1. The van der Waals surface area contributed by atoms with Crippen molar-refractivity contribution in [2.75, 3.05) is 37.7 Å². The van der Waals surface area contributed by atoms with E-state index < -0.39 is 0 Å². The van der Waals surface area contributed by atoms with Crippen LogP contribution in [0.4, 0.5) is 11.4 Å². The van der Waals surface area contributed by atoms with Gasteiger partial charge in [-0.25, -0.2) is 0 Å². The number of nitro benzene ring substituents is 1. The molecule has 1 N–H and O–H groups in total. The maximum Gasteiger partial charge on any atom is 0.292 e. The number of para-hydroxylation sites is 2. The maximum atomic E-state index is 11.0. The van der Waals surface area contributed by atoms with E-state index in [4.69, 9.17) is 5.11 Å². The Balaban J connectivity index is 2.08. The van der Waals surface area contributed by atoms with Gasteiger partial charge in [-0.1, -0.05) is 12.1 Å². The average Bonchev–Trinajstić information content (AvgIpc) is 2.46. The van der Waals surface area contributed by atoms with Crippen molar-refractivity contribution in [3.63, 3.8) is 0 Å². The van der Waals surface area contributed by atoms with Crippen LogP contribution in [-0.2, 0) is 0 Å². The third-order valence-corrected chi connectivity index (χ3v) is 3.62. The lowest BCUT2D eigenvalue weighted by atomic mass is 10.2. The molecule has 1 fully saturated rings. The second kappa shape index (κ2) is 5.99. The molecule has 0 radical (unpaired) electrons. The van der Waals surface area contributed by atoms with Crippen LogP contribution < -0.4 is 4.90 Å². The van der Waals surface area contributed by atoms with Gasteiger partial charge in [-0.05, 0) is 13.0 Å². The van der Waals surface area contributed by atoms with Gasteiger partial charge in [0.15, 0.2) is 0 Å². The number of anilines is 1. The van der Waals surface area contributed by atoms with E-state index in [1.165, 1.54) is 6.07 Å². The van der Waals surface area contributed by atoms with Crippen molar-refractivity contribution in [2.45, 2.75) is 13.0 Å². The highest BCUT2D eigenvalue weighted by molar-refractivity contribution is 5.63. The summed E-state index contributed by atoms with van der Waals surface area (Å²) in [6, 6.07) is 6.99. The molecule has 0 saturated carbocycles. The van der Waals surface area contributed by atoms with Gasteiger partial charge in [-0.2, -0.15) is 0 Å². The fourth-order valence-electron chi connectivity index (χ4n) is 2.41. The van der Waals surface area contributed by atoms with Gasteiger partial charge in [0, 0.05) is 38.3 Å². The minimum absolute atomic E-state index is 0.144. The monoisotopic (exact) mass is 265 g/mol. The van der Waals surface area contributed by atoms with E-state index in [9.17, 15) is 10.1 Å². The van der Waals surface area contributed by atoms with Gasteiger partial charge in [0.05, 0.1) is 11.5 Å². The smallest absolute Gasteiger partial charge is 0.292 e. The SMILES string of the molecule is C[C@H](CO)N1CCN(c2ccccc2[N+](=O)[O-])CC1. The second-order valence-electron chi connectivity index (χ2n) is 4.80. The van der Waals surface area contributed by atoms with Crippen LogP contribution in [0.25, 0.3) is 0 Å². The molecule has 1 atom stereocenters. The van der Waals surface area contributed by atoms with E-state index in [0.717, 1.165) is 26.2 Å². The molecule has 1 saturated heterocycles. The molecule has 0 bridgehead atoms. The van der Waals surface area contributed by atoms with E-state index in [1.54, 1.807) is 12.1 Å². The third-order valence-electron chi connectivity index (χ3n) is 3.62. The first-order chi connectivity index (χ1) is 9.13. The summed E-state index contributed by atoms with van der Waals surface area (Å²) < 4.78 is 0. The number of aliphatic hydroxyl groups excluding tert-OH is 1. The molecule has 1 aromatic rings. The quantitative estimate of drug-likeness (QED) is 0.652. The lowest BCUT2D eigenvalue weighted by Crippen LogP contribution is -2.50. The summed E-state index contributed by atoms with van der Waals surface area (Å²) >= 11 is 0. The fraction of sp³-hybridized carbons (Fsp3) is 0.538. The minimum Gasteiger partial charge on any atom is -0.395 e. The molecule has 0 aromatic heterocycles. The standard InChI is InChI=1S/C13H19N3O3/c1-11(10-17)14-6-8-15(9-7-14)12-4-2-3-5-13(12)16(18)19/h2-5,11,17H,6-10H2,1H3/t11-/m1/s1. The predicted octanol–water partition coefficient (Wildman–Crippen LogP) is 1.10. The summed E-state index contributed by atoms with van der Waals surface area (Å²) in [5.74, 6) is 0. The summed E-state index contributed by atoms with van der Waals surface area (Å²) in [6.45, 7) is 5.25. The number of nitro groups is 1. The van der Waals surface area contributed by atoms with E-state index >= 15 is 0 Å². The fourth-order valence-corrected chi connectivity index (χ4v) is 2.41. The van der Waals surface area contributed by atoms with E-state index in [0.29, 0.717) is 5.69 Å². The van der Waals surface area contributed by atoms with Crippen molar-refractivity contribution in [3.05, 3.63) is 34.4 Å². The van der Waals surface area contributed by atoms with Crippen LogP contribution in [0.1, 0.15) is 6.92 Å². The molecule has 0 amide bonds. The highest BCUT2D eigenvalue weighted by atomic mass is 16.6. The van der Waals surface area contributed by atoms with Gasteiger partial charge in [0.25, 0.3) is 5.69 Å². The largest absolute Gasteiger partial charge is 0.395 e. The number of piperazine rings is 1. The zero-order valence-electron chi connectivity index (χ0n) is 11.0. The van der Waals surface area contributed by atoms with Crippen molar-refractivity contribution >= 4 is 11.4 Å². The number of rotatable bonds is 4. The zero-order chi connectivity index (χ0) is 13.8. The van der Waals surface area contributed by atoms with E-state index in [2.05, 4.69) is 4.90 Å². The highest BCUT2D eigenvalue weighted by Gasteiger charge is 2.24. The Kier molecular flexibility index (Phi) is 4.34. The van der Waals surface area contributed by atoms with Crippen LogP contribution in [0.15, 0.2) is 24.3 Å². The first kappa shape index (κ1) is 13.8. The number of hydrogen-bond donors (Lipinski definition) is 1. The summed E-state index contributed by atoms with van der Waals surface area (Å²) in [6.07, 6.45) is 0. The first-order valence-electron chi connectivity index (χ1n) is 6.46. The lowest BCUT2D eigenvalue weighted by Gasteiger charge is -2.38. The van der Waals surface area contributed by atoms with Crippen LogP contribution in [0.2, 0.25) is 0 Å². The van der Waals surface area contributed by atoms with E-state index in [-0.39, 0.29) is 23.3 Å². The third kappa shape index (κ3) is 3.02. The highest BCUT2D eigenvalue weighted by Crippen LogP contribution is 2.28. The van der Waals surface area contributed by atoms with Gasteiger partial charge in [0.1, 0.15) is 5.69 Å². The van der Waals surface area contributed by atoms with Gasteiger partial charge < -0.3 is 10.0 Å². The topological polar surface area (TPSA) is 69.8 Å². The van der Waals surface area contributed by atoms with Crippen LogP contribution in [0.5, 0.6) is 0 Å². The normalized spacial score (nSPS) is 18.3. The summed E-state index contributed by atoms with van der Waals surface area (Å²) in [5, 5.41) is 20.2. The van der Waals surface area contributed by atoms with Gasteiger partial charge in [-0.15, -0.1) is 0 Å². The molecule has 1 aliphatic heterocycles. The van der Waals surface area contributed by atoms with Crippen molar-refractivity contribution in [1.82, 2.24) is 4.90 Å². The molecular weight excluding hydrogens is 246 g/mol. The molecule has 1 aromatic carbocycles. The minimum atomic E-state index is -0.335. The Bertz CT molecular complexity index is 445. The van der Waals surface area contributed by atoms with Crippen LogP contribution in [-0.4, -0.2) is 53.8 Å². The summed E-state index contributed by atoms with van der Waals surface area (Å²) in [4.78, 5) is 14.9. The Morgan fingerprint density at radius 2 is 1.95 bits per heavy atom. The molecule has 0 unspecified atom stereocenters. The molecule has 104 valence electrons. The lowest BCUT2D eigenvalue weighted by molar-refractivity contribution is -0.384. The molecule has 0 aliphatic carbocycles. The average molecular weight is 265 g/mol. The molecule has 1 aliphatic rings. The molecule has 1 heterocycles. The first-order valence-corrected chi connectivity index (χ1v) is 6.46. The molecule has 0 spiro atoms. The number of benzene rings is 1. The maximum absolute atomic E-state index is 11.0. The predicted molar refractivity (Wildman–Crippen MR) is 73.4 cm³/mol. The summed E-state index contributed by atoms with van der Waals surface area (Å²) in [7, 11) is 0. The molecule has 6 heteroatoms. The molecular formula is C13H19N3O3. The van der Waals surface area contributed by atoms with Crippen molar-refractivity contribution in [1.29, 1.82) is 0 Å². The summed E-state index contributed by atoms with van der Waals surface area (Å²) in [5.41, 5.74) is 0.843. The van der Waals surface area contributed by atoms with Crippen molar-refractivity contribution in [2.24, 2.45) is 0 Å². The molecule has 2 rings (SSSR count). The van der Waals surface area contributed by atoms with Gasteiger partial charge in [-0.3, -0.25) is 15.0 Å². The Morgan fingerprint density at radius 3 is 2.53 bits per heavy atom. The van der Waals surface area contributed by atoms with Crippen LogP contribution in [0.3, 0.4) is 0 Å². The molecule has 19 heavy (non-hydrogen) atoms. The Morgan fingerprint density at radius 1 is 1.32 bits per heavy atom. The second-order valence-corrected chi connectivity index (χ2v) is 4.80. The number of nitrogens with zero attached hydrogens (tertiary/aromatic N) is 3. The van der Waals surface area contributed by atoms with Crippen molar-refractivity contribution in [3.8, 4) is 0 Å². The van der Waals surface area contributed by atoms with Crippen LogP contribution >= 0.6 is 0 Å².